The van der Waals surface area contributed by atoms with E-state index < -0.39 is 17.4 Å². The molecule has 9 nitrogen and oxygen atoms in total. The molecule has 2 N–H and O–H groups in total. The molecule has 1 aromatic carbocycles. The summed E-state index contributed by atoms with van der Waals surface area (Å²) in [6.07, 6.45) is 1.16. The van der Waals surface area contributed by atoms with Crippen LogP contribution in [0.5, 0.6) is 0 Å². The van der Waals surface area contributed by atoms with E-state index in [2.05, 4.69) is 20.8 Å². The van der Waals surface area contributed by atoms with Crippen LogP contribution in [0.4, 0.5) is 0 Å². The average molecular weight is 319 g/mol. The van der Waals surface area contributed by atoms with Crippen LogP contribution in [0.3, 0.4) is 0 Å². The highest BCUT2D eigenvalue weighted by atomic mass is 16.5. The van der Waals surface area contributed by atoms with Crippen LogP contribution in [0.15, 0.2) is 30.6 Å². The number of nitrogens with zero attached hydrogens (tertiary/aromatic N) is 4. The van der Waals surface area contributed by atoms with Crippen LogP contribution in [-0.2, 0) is 9.53 Å². The van der Waals surface area contributed by atoms with E-state index in [4.69, 9.17) is 9.84 Å². The summed E-state index contributed by atoms with van der Waals surface area (Å²) < 4.78 is 6.44. The standard InChI is InChI=1S/C14H17N5O4/c1-14(8-23-2,7-12(20)21)16-13(22)10-4-3-5-11(6-10)19-9-15-17-18-19/h3-6,9H,7-8H2,1-2H3,(H,16,22)(H,20,21). The lowest BCUT2D eigenvalue weighted by Crippen LogP contribution is -2.50. The zero-order chi connectivity index (χ0) is 16.9. The van der Waals surface area contributed by atoms with Crippen LogP contribution in [0.25, 0.3) is 5.69 Å². The molecular weight excluding hydrogens is 302 g/mol. The van der Waals surface area contributed by atoms with Gasteiger partial charge in [0.2, 0.25) is 0 Å². The minimum atomic E-state index is -1.02. The first kappa shape index (κ1) is 16.6. The van der Waals surface area contributed by atoms with Crippen molar-refractivity contribution in [3.63, 3.8) is 0 Å². The molecule has 0 aliphatic rings. The van der Waals surface area contributed by atoms with Crippen LogP contribution in [-0.4, -0.2) is 56.4 Å². The number of amides is 1. The Hall–Kier alpha value is -2.81. The fraction of sp³-hybridized carbons (Fsp3) is 0.357. The van der Waals surface area contributed by atoms with Crippen LogP contribution >= 0.6 is 0 Å². The van der Waals surface area contributed by atoms with Crippen molar-refractivity contribution in [2.45, 2.75) is 18.9 Å². The van der Waals surface area contributed by atoms with Crippen LogP contribution in [0.1, 0.15) is 23.7 Å². The van der Waals surface area contributed by atoms with Crippen molar-refractivity contribution in [2.24, 2.45) is 0 Å². The zero-order valence-electron chi connectivity index (χ0n) is 12.8. The van der Waals surface area contributed by atoms with Crippen molar-refractivity contribution < 1.29 is 19.4 Å². The molecule has 0 radical (unpaired) electrons. The Balaban J connectivity index is 2.19. The second-order valence-corrected chi connectivity index (χ2v) is 5.32. The van der Waals surface area contributed by atoms with Gasteiger partial charge in [0.25, 0.3) is 5.91 Å². The van der Waals surface area contributed by atoms with E-state index >= 15 is 0 Å². The number of tetrazole rings is 1. The Labute approximate surface area is 132 Å². The van der Waals surface area contributed by atoms with Gasteiger partial charge < -0.3 is 15.2 Å². The number of hydrogen-bond donors (Lipinski definition) is 2. The number of carbonyl (C=O) groups is 2. The maximum atomic E-state index is 12.4. The highest BCUT2D eigenvalue weighted by Crippen LogP contribution is 2.14. The number of benzene rings is 1. The van der Waals surface area contributed by atoms with Crippen molar-refractivity contribution in [1.82, 2.24) is 25.5 Å². The molecule has 1 unspecified atom stereocenters. The van der Waals surface area contributed by atoms with Gasteiger partial charge in [-0.15, -0.1) is 5.10 Å². The van der Waals surface area contributed by atoms with E-state index in [1.54, 1.807) is 31.2 Å². The highest BCUT2D eigenvalue weighted by molar-refractivity contribution is 5.95. The third-order valence-electron chi connectivity index (χ3n) is 3.14. The molecule has 9 heteroatoms. The predicted molar refractivity (Wildman–Crippen MR) is 79.2 cm³/mol. The number of ether oxygens (including phenoxy) is 1. The lowest BCUT2D eigenvalue weighted by atomic mass is 9.98. The summed E-state index contributed by atoms with van der Waals surface area (Å²) in [4.78, 5) is 23.4. The number of rotatable bonds is 7. The van der Waals surface area contributed by atoms with Crippen LogP contribution in [0.2, 0.25) is 0 Å². The lowest BCUT2D eigenvalue weighted by molar-refractivity contribution is -0.139. The van der Waals surface area contributed by atoms with Gasteiger partial charge in [0, 0.05) is 12.7 Å². The van der Waals surface area contributed by atoms with Gasteiger partial charge in [0.1, 0.15) is 6.33 Å². The van der Waals surface area contributed by atoms with Gasteiger partial charge >= 0.3 is 5.97 Å². The Morgan fingerprint density at radius 1 is 1.43 bits per heavy atom. The summed E-state index contributed by atoms with van der Waals surface area (Å²) in [5.74, 6) is -1.42. The lowest BCUT2D eigenvalue weighted by Gasteiger charge is -2.28. The number of methoxy groups -OCH3 is 1. The molecular formula is C14H17N5O4. The topological polar surface area (TPSA) is 119 Å². The van der Waals surface area contributed by atoms with Crippen molar-refractivity contribution in [3.8, 4) is 5.69 Å². The van der Waals surface area contributed by atoms with Gasteiger partial charge in [0.05, 0.1) is 24.3 Å². The van der Waals surface area contributed by atoms with Gasteiger partial charge in [-0.05, 0) is 35.5 Å². The smallest absolute Gasteiger partial charge is 0.305 e. The molecule has 122 valence electrons. The average Bonchev–Trinajstić information content (AvgIpc) is 3.00. The maximum Gasteiger partial charge on any atom is 0.305 e. The molecule has 1 aromatic heterocycles. The third-order valence-corrected chi connectivity index (χ3v) is 3.14. The normalized spacial score (nSPS) is 13.3. The van der Waals surface area contributed by atoms with E-state index in [0.717, 1.165) is 0 Å². The summed E-state index contributed by atoms with van der Waals surface area (Å²) in [6.45, 7) is 1.70. The monoisotopic (exact) mass is 319 g/mol. The van der Waals surface area contributed by atoms with Gasteiger partial charge in [-0.2, -0.15) is 0 Å². The summed E-state index contributed by atoms with van der Waals surface area (Å²) in [5.41, 5.74) is -0.0253. The Bertz CT molecular complexity index is 688. The van der Waals surface area contributed by atoms with Crippen molar-refractivity contribution in [1.29, 1.82) is 0 Å². The maximum absolute atomic E-state index is 12.4. The molecule has 0 aliphatic heterocycles. The SMILES string of the molecule is COCC(C)(CC(=O)O)NC(=O)c1cccc(-n2cnnn2)c1. The highest BCUT2D eigenvalue weighted by Gasteiger charge is 2.30. The number of hydrogen-bond acceptors (Lipinski definition) is 6. The first-order valence-corrected chi connectivity index (χ1v) is 6.80. The van der Waals surface area contributed by atoms with Gasteiger partial charge in [-0.1, -0.05) is 6.07 Å². The quantitative estimate of drug-likeness (QED) is 0.751. The molecule has 0 bridgehead atoms. The summed E-state index contributed by atoms with van der Waals surface area (Å²) >= 11 is 0. The minimum absolute atomic E-state index is 0.0811. The van der Waals surface area contributed by atoms with Crippen molar-refractivity contribution >= 4 is 11.9 Å². The van der Waals surface area contributed by atoms with Gasteiger partial charge in [-0.3, -0.25) is 9.59 Å². The summed E-state index contributed by atoms with van der Waals surface area (Å²) in [5, 5.41) is 22.5. The molecule has 23 heavy (non-hydrogen) atoms. The minimum Gasteiger partial charge on any atom is -0.481 e. The largest absolute Gasteiger partial charge is 0.481 e. The number of carboxylic acids is 1. The molecule has 0 fully saturated rings. The second-order valence-electron chi connectivity index (χ2n) is 5.32. The van der Waals surface area contributed by atoms with Crippen LogP contribution < -0.4 is 5.32 Å². The molecule has 0 saturated carbocycles. The molecule has 1 atom stereocenters. The number of carboxylic acid groups (broad SMARTS) is 1. The fourth-order valence-corrected chi connectivity index (χ4v) is 2.20. The Kier molecular flexibility index (Phi) is 5.02. The first-order chi connectivity index (χ1) is 10.9. The van der Waals surface area contributed by atoms with Crippen molar-refractivity contribution in [3.05, 3.63) is 36.2 Å². The second kappa shape index (κ2) is 6.97. The third kappa shape index (κ3) is 4.33. The van der Waals surface area contributed by atoms with E-state index in [9.17, 15) is 9.59 Å². The zero-order valence-corrected chi connectivity index (χ0v) is 12.8. The first-order valence-electron chi connectivity index (χ1n) is 6.80. The van der Waals surface area contributed by atoms with E-state index in [0.29, 0.717) is 11.3 Å². The number of aromatic nitrogens is 4. The molecule has 1 heterocycles. The molecule has 2 rings (SSSR count). The predicted octanol–water partition coefficient (Wildman–Crippen LogP) is 0.272. The van der Waals surface area contributed by atoms with Gasteiger partial charge in [0.15, 0.2) is 0 Å². The Morgan fingerprint density at radius 2 is 2.22 bits per heavy atom. The number of carbonyl (C=O) groups excluding carboxylic acids is 1. The molecule has 2 aromatic rings. The summed E-state index contributed by atoms with van der Waals surface area (Å²) in [6, 6.07) is 6.67. The van der Waals surface area contributed by atoms with Crippen LogP contribution in [0, 0.1) is 0 Å². The van der Waals surface area contributed by atoms with E-state index in [1.807, 2.05) is 0 Å². The Morgan fingerprint density at radius 3 is 2.83 bits per heavy atom. The summed E-state index contributed by atoms with van der Waals surface area (Å²) in [7, 11) is 1.45. The van der Waals surface area contributed by atoms with Gasteiger partial charge in [-0.25, -0.2) is 4.68 Å². The molecule has 1 amide bonds. The molecule has 0 spiro atoms. The fourth-order valence-electron chi connectivity index (χ4n) is 2.20. The van der Waals surface area contributed by atoms with E-state index in [-0.39, 0.29) is 13.0 Å². The van der Waals surface area contributed by atoms with E-state index in [1.165, 1.54) is 18.1 Å². The van der Waals surface area contributed by atoms with Crippen molar-refractivity contribution in [2.75, 3.05) is 13.7 Å². The molecule has 0 saturated heterocycles. The number of nitrogens with one attached hydrogen (secondary N) is 1. The number of aliphatic carboxylic acids is 1. The molecule has 0 aliphatic carbocycles.